The second kappa shape index (κ2) is 11.7. The van der Waals surface area contributed by atoms with Crippen molar-refractivity contribution in [3.63, 3.8) is 0 Å². The molecule has 0 saturated carbocycles. The summed E-state index contributed by atoms with van der Waals surface area (Å²) < 4.78 is 16.2. The number of amidine groups is 1. The minimum Gasteiger partial charge on any atom is -0.493 e. The van der Waals surface area contributed by atoms with Crippen molar-refractivity contribution >= 4 is 63.8 Å². The first-order valence-electron chi connectivity index (χ1n) is 11.0. The van der Waals surface area contributed by atoms with Crippen molar-refractivity contribution in [1.29, 1.82) is 0 Å². The molecule has 10 heteroatoms. The van der Waals surface area contributed by atoms with E-state index in [-0.39, 0.29) is 12.5 Å². The predicted octanol–water partition coefficient (Wildman–Crippen LogP) is 6.60. The summed E-state index contributed by atoms with van der Waals surface area (Å²) in [6, 6.07) is 17.3. The Morgan fingerprint density at radius 1 is 1.05 bits per heavy atom. The van der Waals surface area contributed by atoms with E-state index >= 15 is 0 Å². The zero-order valence-electron chi connectivity index (χ0n) is 20.2. The Balaban J connectivity index is 1.52. The fourth-order valence-electron chi connectivity index (χ4n) is 3.42. The first-order chi connectivity index (χ1) is 17.8. The van der Waals surface area contributed by atoms with Gasteiger partial charge in [-0.05, 0) is 65.9 Å². The third kappa shape index (κ3) is 6.28. The van der Waals surface area contributed by atoms with Crippen LogP contribution in [0.3, 0.4) is 0 Å². The number of ether oxygens (including phenoxy) is 3. The van der Waals surface area contributed by atoms with Crippen molar-refractivity contribution in [2.75, 3.05) is 21.3 Å². The number of hydrogen-bond acceptors (Lipinski definition) is 7. The number of halogens is 2. The van der Waals surface area contributed by atoms with Crippen molar-refractivity contribution in [2.24, 2.45) is 4.99 Å². The molecule has 1 heterocycles. The highest BCUT2D eigenvalue weighted by molar-refractivity contribution is 8.18. The van der Waals surface area contributed by atoms with Crippen molar-refractivity contribution in [3.8, 4) is 11.5 Å². The van der Waals surface area contributed by atoms with Crippen molar-refractivity contribution in [1.82, 2.24) is 4.90 Å². The van der Waals surface area contributed by atoms with Gasteiger partial charge in [0.1, 0.15) is 6.61 Å². The van der Waals surface area contributed by atoms with Crippen LogP contribution in [0.2, 0.25) is 10.0 Å². The summed E-state index contributed by atoms with van der Waals surface area (Å²) in [5.41, 5.74) is 2.46. The highest BCUT2D eigenvalue weighted by Gasteiger charge is 2.30. The topological polar surface area (TPSA) is 77.4 Å². The van der Waals surface area contributed by atoms with Crippen LogP contribution in [0.25, 0.3) is 6.08 Å². The molecule has 0 spiro atoms. The van der Waals surface area contributed by atoms with E-state index in [2.05, 4.69) is 4.99 Å². The quantitative estimate of drug-likeness (QED) is 0.241. The molecule has 0 unspecified atom stereocenters. The molecule has 7 nitrogen and oxygen atoms in total. The Labute approximate surface area is 228 Å². The predicted molar refractivity (Wildman–Crippen MR) is 147 cm³/mol. The first-order valence-corrected chi connectivity index (χ1v) is 12.6. The summed E-state index contributed by atoms with van der Waals surface area (Å²) >= 11 is 13.4. The van der Waals surface area contributed by atoms with Crippen molar-refractivity contribution < 1.29 is 23.8 Å². The highest BCUT2D eigenvalue weighted by atomic mass is 35.5. The van der Waals surface area contributed by atoms with Crippen LogP contribution in [0, 0.1) is 0 Å². The van der Waals surface area contributed by atoms with Crippen LogP contribution in [0.1, 0.15) is 21.5 Å². The summed E-state index contributed by atoms with van der Waals surface area (Å²) in [5, 5.41) is 1.56. The largest absolute Gasteiger partial charge is 0.493 e. The number of benzene rings is 3. The van der Waals surface area contributed by atoms with Gasteiger partial charge < -0.3 is 14.2 Å². The molecule has 1 amide bonds. The zero-order valence-corrected chi connectivity index (χ0v) is 22.5. The van der Waals surface area contributed by atoms with Crippen LogP contribution >= 0.6 is 35.0 Å². The van der Waals surface area contributed by atoms with E-state index in [1.54, 1.807) is 74.8 Å². The lowest BCUT2D eigenvalue weighted by atomic mass is 10.2. The molecular formula is C27H22Cl2N2O5S. The SMILES string of the molecule is COC(=O)c1cccc(N=C2SC(=Cc3ccc(OCc4ccc(Cl)cc4Cl)c(OC)c3)C(=O)N2C)c1. The van der Waals surface area contributed by atoms with Gasteiger partial charge in [-0.25, -0.2) is 9.79 Å². The summed E-state index contributed by atoms with van der Waals surface area (Å²) in [6.07, 6.45) is 1.76. The first kappa shape index (κ1) is 26.6. The number of rotatable bonds is 7. The fourth-order valence-corrected chi connectivity index (χ4v) is 4.87. The molecule has 190 valence electrons. The van der Waals surface area contributed by atoms with E-state index in [9.17, 15) is 9.59 Å². The van der Waals surface area contributed by atoms with E-state index in [1.165, 1.54) is 23.8 Å². The zero-order chi connectivity index (χ0) is 26.5. The molecule has 0 N–H and O–H groups in total. The van der Waals surface area contributed by atoms with Gasteiger partial charge in [0.2, 0.25) is 0 Å². The molecule has 0 radical (unpaired) electrons. The minimum atomic E-state index is -0.455. The molecule has 37 heavy (non-hydrogen) atoms. The number of aliphatic imine (C=N–C) groups is 1. The van der Waals surface area contributed by atoms with Crippen LogP contribution in [-0.4, -0.2) is 43.2 Å². The molecule has 3 aromatic carbocycles. The Morgan fingerprint density at radius 2 is 1.86 bits per heavy atom. The number of methoxy groups -OCH3 is 2. The minimum absolute atomic E-state index is 0.190. The van der Waals surface area contributed by atoms with Gasteiger partial charge in [0.25, 0.3) is 5.91 Å². The van der Waals surface area contributed by atoms with Crippen molar-refractivity contribution in [2.45, 2.75) is 6.61 Å². The number of carbonyl (C=O) groups excluding carboxylic acids is 2. The van der Waals surface area contributed by atoms with Gasteiger partial charge >= 0.3 is 5.97 Å². The molecule has 4 rings (SSSR count). The third-order valence-electron chi connectivity index (χ3n) is 5.38. The Hall–Kier alpha value is -3.46. The van der Waals surface area contributed by atoms with E-state index in [4.69, 9.17) is 37.4 Å². The third-order valence-corrected chi connectivity index (χ3v) is 7.03. The van der Waals surface area contributed by atoms with Crippen LogP contribution in [0.4, 0.5) is 5.69 Å². The maximum atomic E-state index is 12.9. The van der Waals surface area contributed by atoms with E-state index < -0.39 is 5.97 Å². The van der Waals surface area contributed by atoms with E-state index in [0.717, 1.165) is 11.1 Å². The van der Waals surface area contributed by atoms with Crippen LogP contribution in [-0.2, 0) is 16.1 Å². The number of amides is 1. The maximum Gasteiger partial charge on any atom is 0.337 e. The smallest absolute Gasteiger partial charge is 0.337 e. The molecular weight excluding hydrogens is 535 g/mol. The van der Waals surface area contributed by atoms with Gasteiger partial charge in [0.15, 0.2) is 16.7 Å². The van der Waals surface area contributed by atoms with Crippen LogP contribution in [0.15, 0.2) is 70.6 Å². The number of hydrogen-bond donors (Lipinski definition) is 0. The average molecular weight is 557 g/mol. The number of likely N-dealkylation sites (N-methyl/N-ethyl adjacent to an activating group) is 1. The summed E-state index contributed by atoms with van der Waals surface area (Å²) in [4.78, 5) is 31.2. The Bertz CT molecular complexity index is 1420. The lowest BCUT2D eigenvalue weighted by Gasteiger charge is -2.12. The Morgan fingerprint density at radius 3 is 2.59 bits per heavy atom. The standard InChI is InChI=1S/C27H22Cl2N2O5S/c1-31-25(32)24(37-27(31)30-20-6-4-5-17(13-20)26(33)35-3)12-16-7-10-22(23(11-16)34-2)36-15-18-8-9-19(28)14-21(18)29/h4-14H,15H2,1-3H3. The molecule has 0 bridgehead atoms. The molecule has 1 saturated heterocycles. The van der Waals surface area contributed by atoms with Crippen LogP contribution < -0.4 is 9.47 Å². The number of nitrogens with zero attached hydrogens (tertiary/aromatic N) is 2. The Kier molecular flexibility index (Phi) is 8.43. The summed E-state index contributed by atoms with van der Waals surface area (Å²) in [7, 11) is 4.52. The molecule has 3 aromatic rings. The van der Waals surface area contributed by atoms with E-state index in [0.29, 0.717) is 42.9 Å². The second-order valence-electron chi connectivity index (χ2n) is 7.85. The maximum absolute atomic E-state index is 12.9. The number of thioether (sulfide) groups is 1. The number of carbonyl (C=O) groups is 2. The highest BCUT2D eigenvalue weighted by Crippen LogP contribution is 2.35. The van der Waals surface area contributed by atoms with Gasteiger partial charge in [0.05, 0.1) is 30.4 Å². The normalized spacial score (nSPS) is 15.4. The van der Waals surface area contributed by atoms with Gasteiger partial charge in [-0.2, -0.15) is 0 Å². The molecule has 0 atom stereocenters. The number of esters is 1. The van der Waals surface area contributed by atoms with Gasteiger partial charge in [0, 0.05) is 22.7 Å². The van der Waals surface area contributed by atoms with E-state index in [1.807, 2.05) is 6.07 Å². The molecule has 0 aromatic heterocycles. The van der Waals surface area contributed by atoms with Crippen LogP contribution in [0.5, 0.6) is 11.5 Å². The molecule has 1 aliphatic rings. The fraction of sp³-hybridized carbons (Fsp3) is 0.148. The van der Waals surface area contributed by atoms with Gasteiger partial charge in [-0.3, -0.25) is 9.69 Å². The summed E-state index contributed by atoms with van der Waals surface area (Å²) in [6.45, 7) is 0.239. The molecule has 0 aliphatic carbocycles. The lowest BCUT2D eigenvalue weighted by Crippen LogP contribution is -2.23. The lowest BCUT2D eigenvalue weighted by molar-refractivity contribution is -0.121. The van der Waals surface area contributed by atoms with Gasteiger partial charge in [-0.15, -0.1) is 0 Å². The summed E-state index contributed by atoms with van der Waals surface area (Å²) in [5.74, 6) is 0.399. The monoisotopic (exact) mass is 556 g/mol. The average Bonchev–Trinajstić information content (AvgIpc) is 3.15. The second-order valence-corrected chi connectivity index (χ2v) is 9.70. The van der Waals surface area contributed by atoms with Crippen molar-refractivity contribution in [3.05, 3.63) is 92.3 Å². The van der Waals surface area contributed by atoms with Gasteiger partial charge in [-0.1, -0.05) is 41.4 Å². The molecule has 1 fully saturated rings. The molecule has 1 aliphatic heterocycles.